The molecule has 1 aliphatic carbocycles. The maximum atomic E-state index is 4.49. The van der Waals surface area contributed by atoms with Crippen LogP contribution in [0.15, 0.2) is 96.3 Å². The molecule has 1 atom stereocenters. The normalized spacial score (nSPS) is 23.8. The zero-order chi connectivity index (χ0) is 26.2. The number of aryl methyl sites for hydroxylation is 3. The summed E-state index contributed by atoms with van der Waals surface area (Å²) in [7, 11) is 0. The number of anilines is 1. The Hall–Kier alpha value is -2.80. The largest absolute Gasteiger partial charge is 0.345 e. The number of allylic oxidation sites excluding steroid dienone is 7. The van der Waals surface area contributed by atoms with Crippen molar-refractivity contribution in [3.8, 4) is 0 Å². The van der Waals surface area contributed by atoms with E-state index in [0.29, 0.717) is 5.92 Å². The standard InChI is InChI=1S/C36H47N/c1-6-8-9-11-28(4)29(5)32-20-22-33(23-21-32)34-25-35(7-2)37(26-34)36-13-10-12-31(24-36)19-18-30-16-14-27(3)15-17-30/h6-8,10-17,24,32-34H,5,9,18-23,25-26H2,1-4H3. The first-order valence-corrected chi connectivity index (χ1v) is 14.5. The van der Waals surface area contributed by atoms with Crippen LogP contribution in [0.3, 0.4) is 0 Å². The number of hydrogen-bond donors (Lipinski definition) is 0. The molecule has 1 nitrogen and oxygen atoms in total. The van der Waals surface area contributed by atoms with Gasteiger partial charge in [0.1, 0.15) is 0 Å². The number of rotatable bonds is 9. The van der Waals surface area contributed by atoms with Crippen molar-refractivity contribution >= 4 is 5.69 Å². The Morgan fingerprint density at radius 1 is 0.946 bits per heavy atom. The summed E-state index contributed by atoms with van der Waals surface area (Å²) in [6.07, 6.45) is 18.8. The zero-order valence-corrected chi connectivity index (χ0v) is 23.7. The molecule has 0 spiro atoms. The lowest BCUT2D eigenvalue weighted by molar-refractivity contribution is 0.234. The predicted octanol–water partition coefficient (Wildman–Crippen LogP) is 9.79. The van der Waals surface area contributed by atoms with E-state index in [0.717, 1.165) is 31.1 Å². The lowest BCUT2D eigenvalue weighted by atomic mass is 9.72. The molecule has 1 aliphatic heterocycles. The van der Waals surface area contributed by atoms with Crippen molar-refractivity contribution in [2.45, 2.75) is 79.1 Å². The van der Waals surface area contributed by atoms with Crippen LogP contribution >= 0.6 is 0 Å². The van der Waals surface area contributed by atoms with Crippen LogP contribution in [-0.2, 0) is 12.8 Å². The quantitative estimate of drug-likeness (QED) is 0.248. The van der Waals surface area contributed by atoms with E-state index in [1.165, 1.54) is 77.9 Å². The fraction of sp³-hybridized carbons (Fsp3) is 0.444. The van der Waals surface area contributed by atoms with Crippen LogP contribution in [0.1, 0.15) is 76.0 Å². The molecule has 4 rings (SSSR count). The van der Waals surface area contributed by atoms with Crippen molar-refractivity contribution in [3.05, 3.63) is 113 Å². The van der Waals surface area contributed by atoms with Crippen molar-refractivity contribution in [2.75, 3.05) is 11.4 Å². The minimum atomic E-state index is 0.669. The van der Waals surface area contributed by atoms with Crippen molar-refractivity contribution in [1.29, 1.82) is 0 Å². The second-order valence-corrected chi connectivity index (χ2v) is 11.3. The van der Waals surface area contributed by atoms with Gasteiger partial charge in [0.2, 0.25) is 0 Å². The van der Waals surface area contributed by atoms with Gasteiger partial charge in [-0.1, -0.05) is 78.4 Å². The van der Waals surface area contributed by atoms with Crippen LogP contribution in [0.5, 0.6) is 0 Å². The topological polar surface area (TPSA) is 3.24 Å². The Morgan fingerprint density at radius 3 is 2.38 bits per heavy atom. The van der Waals surface area contributed by atoms with Gasteiger partial charge in [-0.05, 0) is 126 Å². The van der Waals surface area contributed by atoms with Gasteiger partial charge in [0.15, 0.2) is 0 Å². The van der Waals surface area contributed by atoms with Gasteiger partial charge in [-0.3, -0.25) is 0 Å². The Bertz CT molecular complexity index is 1120. The molecule has 37 heavy (non-hydrogen) atoms. The highest BCUT2D eigenvalue weighted by atomic mass is 15.2. The van der Waals surface area contributed by atoms with Crippen LogP contribution in [0.4, 0.5) is 5.69 Å². The molecule has 0 aromatic heterocycles. The molecule has 0 N–H and O–H groups in total. The van der Waals surface area contributed by atoms with E-state index in [1.807, 2.05) is 0 Å². The highest BCUT2D eigenvalue weighted by Gasteiger charge is 2.35. The molecule has 196 valence electrons. The fourth-order valence-electron chi connectivity index (χ4n) is 6.35. The van der Waals surface area contributed by atoms with Gasteiger partial charge in [0.05, 0.1) is 0 Å². The molecular weight excluding hydrogens is 446 g/mol. The van der Waals surface area contributed by atoms with Crippen LogP contribution in [0, 0.1) is 24.7 Å². The monoisotopic (exact) mass is 493 g/mol. The number of benzene rings is 2. The average Bonchev–Trinajstić information content (AvgIpc) is 3.37. The third-order valence-corrected chi connectivity index (χ3v) is 8.85. The summed E-state index contributed by atoms with van der Waals surface area (Å²) in [5.41, 5.74) is 9.86. The smallest absolute Gasteiger partial charge is 0.0410 e. The average molecular weight is 494 g/mol. The molecule has 1 unspecified atom stereocenters. The van der Waals surface area contributed by atoms with Gasteiger partial charge in [0.25, 0.3) is 0 Å². The number of nitrogens with zero attached hydrogens (tertiary/aromatic N) is 1. The molecule has 1 saturated heterocycles. The third-order valence-electron chi connectivity index (χ3n) is 8.85. The van der Waals surface area contributed by atoms with Crippen LogP contribution < -0.4 is 4.90 Å². The molecule has 2 fully saturated rings. The van der Waals surface area contributed by atoms with Crippen molar-refractivity contribution in [2.24, 2.45) is 17.8 Å². The van der Waals surface area contributed by atoms with Crippen molar-refractivity contribution < 1.29 is 0 Å². The van der Waals surface area contributed by atoms with Gasteiger partial charge in [-0.2, -0.15) is 0 Å². The molecular formula is C36H47N. The van der Waals surface area contributed by atoms with E-state index in [2.05, 4.69) is 112 Å². The Balaban J connectivity index is 1.34. The Kier molecular flexibility index (Phi) is 9.67. The summed E-state index contributed by atoms with van der Waals surface area (Å²) >= 11 is 0. The van der Waals surface area contributed by atoms with Crippen LogP contribution in [-0.4, -0.2) is 6.54 Å². The van der Waals surface area contributed by atoms with Gasteiger partial charge in [-0.15, -0.1) is 0 Å². The second kappa shape index (κ2) is 13.1. The lowest BCUT2D eigenvalue weighted by Crippen LogP contribution is -2.26. The summed E-state index contributed by atoms with van der Waals surface area (Å²) in [4.78, 5) is 2.61. The summed E-state index contributed by atoms with van der Waals surface area (Å²) in [6.45, 7) is 14.4. The van der Waals surface area contributed by atoms with E-state index in [9.17, 15) is 0 Å². The van der Waals surface area contributed by atoms with Crippen LogP contribution in [0.2, 0.25) is 0 Å². The molecule has 2 aromatic rings. The lowest BCUT2D eigenvalue weighted by Gasteiger charge is -2.33. The molecule has 0 radical (unpaired) electrons. The fourth-order valence-corrected chi connectivity index (χ4v) is 6.35. The van der Waals surface area contributed by atoms with E-state index >= 15 is 0 Å². The third kappa shape index (κ3) is 7.16. The van der Waals surface area contributed by atoms with Gasteiger partial charge >= 0.3 is 0 Å². The van der Waals surface area contributed by atoms with E-state index in [4.69, 9.17) is 0 Å². The van der Waals surface area contributed by atoms with Gasteiger partial charge in [-0.25, -0.2) is 0 Å². The molecule has 2 aliphatic rings. The van der Waals surface area contributed by atoms with E-state index in [-0.39, 0.29) is 0 Å². The molecule has 1 heteroatoms. The van der Waals surface area contributed by atoms with Gasteiger partial charge < -0.3 is 4.90 Å². The first-order valence-electron chi connectivity index (χ1n) is 14.5. The van der Waals surface area contributed by atoms with Crippen molar-refractivity contribution in [1.82, 2.24) is 0 Å². The molecule has 1 heterocycles. The highest BCUT2D eigenvalue weighted by Crippen LogP contribution is 2.44. The molecule has 0 bridgehead atoms. The van der Waals surface area contributed by atoms with Crippen molar-refractivity contribution in [3.63, 3.8) is 0 Å². The Morgan fingerprint density at radius 2 is 1.68 bits per heavy atom. The molecule has 1 saturated carbocycles. The highest BCUT2D eigenvalue weighted by molar-refractivity contribution is 5.55. The first-order chi connectivity index (χ1) is 18.0. The number of hydrogen-bond acceptors (Lipinski definition) is 1. The SMILES string of the molecule is C=C(C(C)=CCC=CC)C1CCC(C2CC(=CC)N(c3cccc(CCc4ccc(C)cc4)c3)C2)CC1. The minimum Gasteiger partial charge on any atom is -0.345 e. The maximum absolute atomic E-state index is 4.49. The summed E-state index contributed by atoms with van der Waals surface area (Å²) in [6, 6.07) is 18.3. The maximum Gasteiger partial charge on any atom is 0.0410 e. The molecule has 2 aromatic carbocycles. The first kappa shape index (κ1) is 27.2. The zero-order valence-electron chi connectivity index (χ0n) is 23.7. The summed E-state index contributed by atoms with van der Waals surface area (Å²) in [5.74, 6) is 2.27. The predicted molar refractivity (Wildman–Crippen MR) is 162 cm³/mol. The minimum absolute atomic E-state index is 0.669. The Labute approximate surface area is 226 Å². The summed E-state index contributed by atoms with van der Waals surface area (Å²) < 4.78 is 0. The van der Waals surface area contributed by atoms with Gasteiger partial charge in [0, 0.05) is 17.9 Å². The van der Waals surface area contributed by atoms with E-state index in [1.54, 1.807) is 0 Å². The summed E-state index contributed by atoms with van der Waals surface area (Å²) in [5, 5.41) is 0. The van der Waals surface area contributed by atoms with Crippen LogP contribution in [0.25, 0.3) is 0 Å². The molecule has 0 amide bonds. The second-order valence-electron chi connectivity index (χ2n) is 11.3. The van der Waals surface area contributed by atoms with E-state index < -0.39 is 0 Å².